The lowest BCUT2D eigenvalue weighted by molar-refractivity contribution is 0.0697. The van der Waals surface area contributed by atoms with Crippen molar-refractivity contribution in [2.75, 3.05) is 25.5 Å². The Balaban J connectivity index is 1.84. The number of urea groups is 1. The first-order chi connectivity index (χ1) is 10.1. The van der Waals surface area contributed by atoms with Crippen molar-refractivity contribution in [3.05, 3.63) is 29.8 Å². The molecule has 21 heavy (non-hydrogen) atoms. The van der Waals surface area contributed by atoms with Gasteiger partial charge in [-0.05, 0) is 44.6 Å². The summed E-state index contributed by atoms with van der Waals surface area (Å²) in [5, 5.41) is 14.4. The summed E-state index contributed by atoms with van der Waals surface area (Å²) in [6.45, 7) is 1.66. The van der Waals surface area contributed by atoms with Gasteiger partial charge in [-0.15, -0.1) is 0 Å². The number of likely N-dealkylation sites (tertiary alicyclic amines) is 1. The number of carbonyl (C=O) groups excluding carboxylic acids is 1. The molecule has 1 aromatic carbocycles. The van der Waals surface area contributed by atoms with Gasteiger partial charge in [-0.1, -0.05) is 12.5 Å². The van der Waals surface area contributed by atoms with Gasteiger partial charge in [0, 0.05) is 18.3 Å². The van der Waals surface area contributed by atoms with Crippen LogP contribution in [0.2, 0.25) is 0 Å². The summed E-state index contributed by atoms with van der Waals surface area (Å²) < 4.78 is 0. The first-order valence-electron chi connectivity index (χ1n) is 7.14. The van der Waals surface area contributed by atoms with Gasteiger partial charge in [-0.3, -0.25) is 0 Å². The van der Waals surface area contributed by atoms with Gasteiger partial charge < -0.3 is 20.6 Å². The molecule has 0 spiro atoms. The molecular formula is C15H21N3O3. The zero-order valence-corrected chi connectivity index (χ0v) is 12.1. The van der Waals surface area contributed by atoms with Crippen molar-refractivity contribution in [3.63, 3.8) is 0 Å². The van der Waals surface area contributed by atoms with E-state index in [1.54, 1.807) is 12.1 Å². The van der Waals surface area contributed by atoms with E-state index in [1.807, 2.05) is 0 Å². The van der Waals surface area contributed by atoms with Crippen LogP contribution in [0.3, 0.4) is 0 Å². The first kappa shape index (κ1) is 15.3. The molecule has 1 heterocycles. The second-order valence-corrected chi connectivity index (χ2v) is 5.35. The molecule has 1 saturated heterocycles. The Labute approximate surface area is 124 Å². The Hall–Kier alpha value is -2.08. The fraction of sp³-hybridized carbons (Fsp3) is 0.467. The van der Waals surface area contributed by atoms with Crippen molar-refractivity contribution in [1.29, 1.82) is 0 Å². The van der Waals surface area contributed by atoms with Gasteiger partial charge in [0.05, 0.1) is 5.56 Å². The number of nitrogens with one attached hydrogen (secondary N) is 2. The van der Waals surface area contributed by atoms with Crippen LogP contribution in [0.1, 0.15) is 29.6 Å². The van der Waals surface area contributed by atoms with E-state index in [9.17, 15) is 9.59 Å². The number of carbonyl (C=O) groups is 2. The third kappa shape index (κ3) is 4.46. The first-order valence-corrected chi connectivity index (χ1v) is 7.14. The molecule has 1 aliphatic rings. The smallest absolute Gasteiger partial charge is 0.335 e. The second-order valence-electron chi connectivity index (χ2n) is 5.35. The van der Waals surface area contributed by atoms with Crippen molar-refractivity contribution >= 4 is 17.7 Å². The normalized spacial score (nSPS) is 19.0. The molecule has 1 aliphatic heterocycles. The molecule has 6 nitrogen and oxygen atoms in total. The van der Waals surface area contributed by atoms with Crippen LogP contribution in [0.15, 0.2) is 24.3 Å². The topological polar surface area (TPSA) is 81.7 Å². The largest absolute Gasteiger partial charge is 0.478 e. The lowest BCUT2D eigenvalue weighted by Crippen LogP contribution is -2.45. The minimum Gasteiger partial charge on any atom is -0.478 e. The molecule has 1 unspecified atom stereocenters. The van der Waals surface area contributed by atoms with Crippen LogP contribution in [0.25, 0.3) is 0 Å². The maximum Gasteiger partial charge on any atom is 0.335 e. The van der Waals surface area contributed by atoms with Crippen LogP contribution >= 0.6 is 0 Å². The van der Waals surface area contributed by atoms with Crippen molar-refractivity contribution < 1.29 is 14.7 Å². The molecule has 0 aliphatic carbocycles. The lowest BCUT2D eigenvalue weighted by atomic mass is 10.0. The number of likely N-dealkylation sites (N-methyl/N-ethyl adjacent to an activating group) is 1. The average molecular weight is 291 g/mol. The SMILES string of the molecule is CN1CCCCC1CNC(=O)Nc1cccc(C(=O)O)c1. The van der Waals surface area contributed by atoms with Crippen LogP contribution < -0.4 is 10.6 Å². The molecule has 0 bridgehead atoms. The van der Waals surface area contributed by atoms with E-state index in [-0.39, 0.29) is 11.6 Å². The molecule has 1 aromatic rings. The van der Waals surface area contributed by atoms with E-state index in [0.29, 0.717) is 18.3 Å². The molecule has 2 amide bonds. The molecule has 6 heteroatoms. The number of anilines is 1. The van der Waals surface area contributed by atoms with E-state index < -0.39 is 5.97 Å². The van der Waals surface area contributed by atoms with E-state index in [1.165, 1.54) is 25.0 Å². The lowest BCUT2D eigenvalue weighted by Gasteiger charge is -2.32. The second kappa shape index (κ2) is 7.08. The Bertz CT molecular complexity index is 519. The highest BCUT2D eigenvalue weighted by molar-refractivity contribution is 5.93. The predicted octanol–water partition coefficient (Wildman–Crippen LogP) is 1.99. The minimum atomic E-state index is -1.01. The van der Waals surface area contributed by atoms with E-state index in [4.69, 9.17) is 5.11 Å². The van der Waals surface area contributed by atoms with Gasteiger partial charge in [0.15, 0.2) is 0 Å². The Kier molecular flexibility index (Phi) is 5.16. The summed E-state index contributed by atoms with van der Waals surface area (Å²) in [5.74, 6) is -1.01. The summed E-state index contributed by atoms with van der Waals surface area (Å²) in [6, 6.07) is 6.26. The van der Waals surface area contributed by atoms with E-state index in [2.05, 4.69) is 22.6 Å². The molecule has 0 aromatic heterocycles. The zero-order valence-electron chi connectivity index (χ0n) is 12.1. The van der Waals surface area contributed by atoms with Crippen molar-refractivity contribution in [1.82, 2.24) is 10.2 Å². The van der Waals surface area contributed by atoms with Crippen molar-refractivity contribution in [2.24, 2.45) is 0 Å². The number of benzene rings is 1. The third-order valence-electron chi connectivity index (χ3n) is 3.79. The Morgan fingerprint density at radius 2 is 2.19 bits per heavy atom. The van der Waals surface area contributed by atoms with E-state index >= 15 is 0 Å². The summed E-state index contributed by atoms with van der Waals surface area (Å²) in [4.78, 5) is 25.0. The summed E-state index contributed by atoms with van der Waals surface area (Å²) >= 11 is 0. The van der Waals surface area contributed by atoms with Crippen LogP contribution in [-0.2, 0) is 0 Å². The number of carboxylic acid groups (broad SMARTS) is 1. The van der Waals surface area contributed by atoms with Gasteiger partial charge in [-0.2, -0.15) is 0 Å². The van der Waals surface area contributed by atoms with E-state index in [0.717, 1.165) is 13.0 Å². The quantitative estimate of drug-likeness (QED) is 0.792. The number of amides is 2. The zero-order chi connectivity index (χ0) is 15.2. The minimum absolute atomic E-state index is 0.153. The molecule has 3 N–H and O–H groups in total. The van der Waals surface area contributed by atoms with Crippen LogP contribution in [0.4, 0.5) is 10.5 Å². The van der Waals surface area contributed by atoms with Crippen LogP contribution in [-0.4, -0.2) is 48.2 Å². The van der Waals surface area contributed by atoms with Crippen molar-refractivity contribution in [3.8, 4) is 0 Å². The Morgan fingerprint density at radius 3 is 2.90 bits per heavy atom. The molecule has 2 rings (SSSR count). The van der Waals surface area contributed by atoms with Crippen molar-refractivity contribution in [2.45, 2.75) is 25.3 Å². The summed E-state index contributed by atoms with van der Waals surface area (Å²) in [7, 11) is 2.07. The highest BCUT2D eigenvalue weighted by Crippen LogP contribution is 2.14. The number of nitrogens with zero attached hydrogens (tertiary/aromatic N) is 1. The predicted molar refractivity (Wildman–Crippen MR) is 80.7 cm³/mol. The number of aromatic carboxylic acids is 1. The van der Waals surface area contributed by atoms with Gasteiger partial charge in [0.25, 0.3) is 0 Å². The standard InChI is InChI=1S/C15H21N3O3/c1-18-8-3-2-7-13(18)10-16-15(21)17-12-6-4-5-11(9-12)14(19)20/h4-6,9,13H,2-3,7-8,10H2,1H3,(H,19,20)(H2,16,17,21). The third-order valence-corrected chi connectivity index (χ3v) is 3.79. The average Bonchev–Trinajstić information content (AvgIpc) is 2.46. The van der Waals surface area contributed by atoms with Gasteiger partial charge in [0.2, 0.25) is 0 Å². The fourth-order valence-corrected chi connectivity index (χ4v) is 2.52. The monoisotopic (exact) mass is 291 g/mol. The molecule has 114 valence electrons. The molecule has 1 atom stereocenters. The van der Waals surface area contributed by atoms with Gasteiger partial charge >= 0.3 is 12.0 Å². The maximum atomic E-state index is 11.9. The summed E-state index contributed by atoms with van der Waals surface area (Å²) in [6.07, 6.45) is 3.49. The number of hydrogen-bond acceptors (Lipinski definition) is 3. The number of hydrogen-bond donors (Lipinski definition) is 3. The molecule has 1 fully saturated rings. The number of piperidine rings is 1. The highest BCUT2D eigenvalue weighted by atomic mass is 16.4. The Morgan fingerprint density at radius 1 is 1.38 bits per heavy atom. The maximum absolute atomic E-state index is 11.9. The van der Waals surface area contributed by atoms with Gasteiger partial charge in [0.1, 0.15) is 0 Å². The number of rotatable bonds is 4. The molecule has 0 saturated carbocycles. The molecular weight excluding hydrogens is 270 g/mol. The molecule has 0 radical (unpaired) electrons. The van der Waals surface area contributed by atoms with Gasteiger partial charge in [-0.25, -0.2) is 9.59 Å². The van der Waals surface area contributed by atoms with Crippen LogP contribution in [0, 0.1) is 0 Å². The number of carboxylic acids is 1. The fourth-order valence-electron chi connectivity index (χ4n) is 2.52. The summed E-state index contributed by atoms with van der Waals surface area (Å²) in [5.41, 5.74) is 0.629. The van der Waals surface area contributed by atoms with Crippen LogP contribution in [0.5, 0.6) is 0 Å². The highest BCUT2D eigenvalue weighted by Gasteiger charge is 2.19.